The molecule has 0 aromatic heterocycles. The molecule has 0 fully saturated rings. The predicted molar refractivity (Wildman–Crippen MR) is 112 cm³/mol. The number of methoxy groups -OCH3 is 1. The molecule has 0 aliphatic rings. The number of rotatable bonds is 11. The van der Waals surface area contributed by atoms with Crippen LogP contribution in [0.1, 0.15) is 31.9 Å². The zero-order valence-electron chi connectivity index (χ0n) is 17.2. The SMILES string of the molecule is CCNC(=NCCS(=O)(=O)N(CC)CC)NCCc1cc(C)ccc1OC. The molecule has 0 heterocycles. The van der Waals surface area contributed by atoms with Crippen LogP contribution in [-0.4, -0.2) is 64.3 Å². The van der Waals surface area contributed by atoms with Gasteiger partial charge in [0.1, 0.15) is 5.75 Å². The summed E-state index contributed by atoms with van der Waals surface area (Å²) in [5.41, 5.74) is 2.32. The molecule has 0 unspecified atom stereocenters. The van der Waals surface area contributed by atoms with Gasteiger partial charge in [-0.3, -0.25) is 4.99 Å². The van der Waals surface area contributed by atoms with Crippen LogP contribution < -0.4 is 15.4 Å². The Bertz CT molecular complexity index is 701. The van der Waals surface area contributed by atoms with Gasteiger partial charge in [-0.25, -0.2) is 12.7 Å². The Morgan fingerprint density at radius 2 is 1.89 bits per heavy atom. The highest BCUT2D eigenvalue weighted by Crippen LogP contribution is 2.19. The molecular weight excluding hydrogens is 364 g/mol. The van der Waals surface area contributed by atoms with Crippen molar-refractivity contribution >= 4 is 16.0 Å². The molecule has 0 aliphatic heterocycles. The lowest BCUT2D eigenvalue weighted by atomic mass is 10.1. The van der Waals surface area contributed by atoms with Crippen LogP contribution in [0.15, 0.2) is 23.2 Å². The van der Waals surface area contributed by atoms with Gasteiger partial charge in [0, 0.05) is 26.2 Å². The Morgan fingerprint density at radius 1 is 1.19 bits per heavy atom. The van der Waals surface area contributed by atoms with Gasteiger partial charge in [0.15, 0.2) is 5.96 Å². The highest BCUT2D eigenvalue weighted by atomic mass is 32.2. The maximum Gasteiger partial charge on any atom is 0.215 e. The minimum Gasteiger partial charge on any atom is -0.496 e. The van der Waals surface area contributed by atoms with E-state index in [1.165, 1.54) is 9.87 Å². The quantitative estimate of drug-likeness (QED) is 0.438. The second kappa shape index (κ2) is 11.8. The number of hydrogen-bond donors (Lipinski definition) is 2. The fourth-order valence-corrected chi connectivity index (χ4v) is 4.15. The Morgan fingerprint density at radius 3 is 2.48 bits per heavy atom. The van der Waals surface area contributed by atoms with Gasteiger partial charge in [0.25, 0.3) is 0 Å². The molecule has 0 saturated carbocycles. The van der Waals surface area contributed by atoms with Gasteiger partial charge in [-0.05, 0) is 31.9 Å². The lowest BCUT2D eigenvalue weighted by molar-refractivity contribution is 0.409. The third-order valence-electron chi connectivity index (χ3n) is 4.18. The van der Waals surface area contributed by atoms with Gasteiger partial charge in [-0.2, -0.15) is 0 Å². The molecule has 0 atom stereocenters. The van der Waals surface area contributed by atoms with Crippen LogP contribution >= 0.6 is 0 Å². The van der Waals surface area contributed by atoms with Gasteiger partial charge in [-0.1, -0.05) is 31.5 Å². The van der Waals surface area contributed by atoms with E-state index in [0.717, 1.165) is 17.7 Å². The normalized spacial score (nSPS) is 12.3. The summed E-state index contributed by atoms with van der Waals surface area (Å²) >= 11 is 0. The summed E-state index contributed by atoms with van der Waals surface area (Å²) in [6.07, 6.45) is 0.785. The molecule has 154 valence electrons. The zero-order valence-corrected chi connectivity index (χ0v) is 18.0. The first-order chi connectivity index (χ1) is 12.9. The number of nitrogens with zero attached hydrogens (tertiary/aromatic N) is 2. The zero-order chi connectivity index (χ0) is 20.3. The van der Waals surface area contributed by atoms with E-state index in [1.807, 2.05) is 32.9 Å². The van der Waals surface area contributed by atoms with E-state index in [2.05, 4.69) is 28.6 Å². The van der Waals surface area contributed by atoms with Crippen LogP contribution in [0.4, 0.5) is 0 Å². The van der Waals surface area contributed by atoms with Crippen LogP contribution in [0.25, 0.3) is 0 Å². The second-order valence-electron chi connectivity index (χ2n) is 6.15. The highest BCUT2D eigenvalue weighted by Gasteiger charge is 2.17. The average Bonchev–Trinajstić information content (AvgIpc) is 2.62. The molecule has 0 amide bonds. The summed E-state index contributed by atoms with van der Waals surface area (Å²) in [5.74, 6) is 1.50. The number of benzene rings is 1. The maximum atomic E-state index is 12.2. The van der Waals surface area contributed by atoms with Crippen molar-refractivity contribution in [1.29, 1.82) is 0 Å². The molecule has 0 aliphatic carbocycles. The van der Waals surface area contributed by atoms with Crippen molar-refractivity contribution in [2.75, 3.05) is 45.6 Å². The van der Waals surface area contributed by atoms with Gasteiger partial charge >= 0.3 is 0 Å². The largest absolute Gasteiger partial charge is 0.496 e. The Kier molecular flexibility index (Phi) is 10.2. The minimum atomic E-state index is -3.26. The van der Waals surface area contributed by atoms with Crippen molar-refractivity contribution in [2.45, 2.75) is 34.1 Å². The number of aryl methyl sites for hydroxylation is 1. The minimum absolute atomic E-state index is 0.0109. The van der Waals surface area contributed by atoms with Crippen molar-refractivity contribution in [1.82, 2.24) is 14.9 Å². The van der Waals surface area contributed by atoms with Crippen LogP contribution in [0, 0.1) is 6.92 Å². The summed E-state index contributed by atoms with van der Waals surface area (Å²) < 4.78 is 31.3. The summed E-state index contributed by atoms with van der Waals surface area (Å²) in [4.78, 5) is 4.40. The van der Waals surface area contributed by atoms with E-state index in [9.17, 15) is 8.42 Å². The fraction of sp³-hybridized carbons (Fsp3) is 0.632. The van der Waals surface area contributed by atoms with E-state index in [4.69, 9.17) is 4.74 Å². The molecule has 0 radical (unpaired) electrons. The van der Waals surface area contributed by atoms with Gasteiger partial charge in [0.05, 0.1) is 19.4 Å². The molecular formula is C19H34N4O3S. The van der Waals surface area contributed by atoms with E-state index in [-0.39, 0.29) is 12.3 Å². The number of guanidine groups is 1. The van der Waals surface area contributed by atoms with Crippen LogP contribution in [0.2, 0.25) is 0 Å². The number of aliphatic imine (C=N–C) groups is 1. The molecule has 1 aromatic carbocycles. The second-order valence-corrected chi connectivity index (χ2v) is 8.24. The van der Waals surface area contributed by atoms with Crippen molar-refractivity contribution in [3.63, 3.8) is 0 Å². The Hall–Kier alpha value is -1.80. The molecule has 27 heavy (non-hydrogen) atoms. The lowest BCUT2D eigenvalue weighted by Crippen LogP contribution is -2.39. The average molecular weight is 399 g/mol. The molecule has 2 N–H and O–H groups in total. The fourth-order valence-electron chi connectivity index (χ4n) is 2.78. The molecule has 0 spiro atoms. The van der Waals surface area contributed by atoms with Crippen molar-refractivity contribution in [2.24, 2.45) is 4.99 Å². The predicted octanol–water partition coefficient (Wildman–Crippen LogP) is 1.77. The molecule has 8 heteroatoms. The van der Waals surface area contributed by atoms with E-state index < -0.39 is 10.0 Å². The topological polar surface area (TPSA) is 83.0 Å². The number of sulfonamides is 1. The van der Waals surface area contributed by atoms with Gasteiger partial charge in [0.2, 0.25) is 10.0 Å². The van der Waals surface area contributed by atoms with Gasteiger partial charge < -0.3 is 15.4 Å². The van der Waals surface area contributed by atoms with Crippen LogP contribution in [0.5, 0.6) is 5.75 Å². The molecule has 1 aromatic rings. The standard InChI is InChI=1S/C19H34N4O3S/c1-6-20-19(22-13-14-27(24,25)23(7-2)8-3)21-12-11-17-15-16(4)9-10-18(17)26-5/h9-10,15H,6-8,11-14H2,1-5H3,(H2,20,21,22). The first-order valence-corrected chi connectivity index (χ1v) is 11.1. The molecule has 0 bridgehead atoms. The highest BCUT2D eigenvalue weighted by molar-refractivity contribution is 7.89. The number of hydrogen-bond acceptors (Lipinski definition) is 4. The van der Waals surface area contributed by atoms with Crippen LogP contribution in [0.3, 0.4) is 0 Å². The summed E-state index contributed by atoms with van der Waals surface area (Å²) in [5, 5.41) is 6.41. The number of nitrogens with one attached hydrogen (secondary N) is 2. The first-order valence-electron chi connectivity index (χ1n) is 9.51. The van der Waals surface area contributed by atoms with Crippen molar-refractivity contribution in [3.8, 4) is 5.75 Å². The molecule has 1 rings (SSSR count). The summed E-state index contributed by atoms with van der Waals surface area (Å²) in [6.45, 7) is 10.3. The van der Waals surface area contributed by atoms with Crippen LogP contribution in [-0.2, 0) is 16.4 Å². The van der Waals surface area contributed by atoms with Crippen molar-refractivity contribution in [3.05, 3.63) is 29.3 Å². The lowest BCUT2D eigenvalue weighted by Gasteiger charge is -2.18. The van der Waals surface area contributed by atoms with E-state index in [1.54, 1.807) is 7.11 Å². The van der Waals surface area contributed by atoms with Gasteiger partial charge in [-0.15, -0.1) is 0 Å². The molecule has 7 nitrogen and oxygen atoms in total. The smallest absolute Gasteiger partial charge is 0.215 e. The monoisotopic (exact) mass is 398 g/mol. The van der Waals surface area contributed by atoms with E-state index in [0.29, 0.717) is 32.1 Å². The first kappa shape index (κ1) is 23.2. The third kappa shape index (κ3) is 7.76. The van der Waals surface area contributed by atoms with Crippen molar-refractivity contribution < 1.29 is 13.2 Å². The Labute approximate surface area is 164 Å². The summed E-state index contributed by atoms with van der Waals surface area (Å²) in [6, 6.07) is 6.11. The molecule has 0 saturated heterocycles. The maximum absolute atomic E-state index is 12.2. The number of ether oxygens (including phenoxy) is 1. The Balaban J connectivity index is 2.63. The summed E-state index contributed by atoms with van der Waals surface area (Å²) in [7, 11) is -1.59. The third-order valence-corrected chi connectivity index (χ3v) is 6.19. The van der Waals surface area contributed by atoms with E-state index >= 15 is 0 Å².